The molecule has 0 aliphatic heterocycles. The maximum Gasteiger partial charge on any atom is 0.250 e. The lowest BCUT2D eigenvalue weighted by molar-refractivity contribution is 0.100. The number of anilines is 2. The Morgan fingerprint density at radius 1 is 1.40 bits per heavy atom. The minimum Gasteiger partial charge on any atom is -0.399 e. The number of thiazole rings is 1. The molecule has 0 aliphatic rings. The van der Waals surface area contributed by atoms with E-state index in [1.807, 2.05) is 20.8 Å². The number of nitrogen functional groups attached to an aromatic ring is 1. The van der Waals surface area contributed by atoms with Crippen molar-refractivity contribution in [1.29, 1.82) is 0 Å². The number of amides is 1. The van der Waals surface area contributed by atoms with Gasteiger partial charge in [-0.1, -0.05) is 0 Å². The van der Waals surface area contributed by atoms with Crippen LogP contribution in [0.2, 0.25) is 0 Å². The zero-order chi connectivity index (χ0) is 14.9. The number of nitrogens with zero attached hydrogens (tertiary/aromatic N) is 1. The van der Waals surface area contributed by atoms with Crippen molar-refractivity contribution in [3.63, 3.8) is 0 Å². The maximum absolute atomic E-state index is 11.5. The Bertz CT molecular complexity index is 651. The normalized spacial score (nSPS) is 12.2. The summed E-state index contributed by atoms with van der Waals surface area (Å²) in [6, 6.07) is 5.15. The van der Waals surface area contributed by atoms with Gasteiger partial charge in [0.15, 0.2) is 0 Å². The van der Waals surface area contributed by atoms with Crippen molar-refractivity contribution in [1.82, 2.24) is 4.98 Å². The molecule has 1 unspecified atom stereocenters. The molecule has 0 saturated heterocycles. The molecule has 6 heteroatoms. The third-order valence-electron chi connectivity index (χ3n) is 3.01. The van der Waals surface area contributed by atoms with Gasteiger partial charge in [0, 0.05) is 16.3 Å². The third kappa shape index (κ3) is 2.91. The molecular formula is C14H18N4OS. The SMILES string of the molecule is Cc1nc(C)c(C(C)Nc2ccc(N)cc2C(N)=O)s1. The van der Waals surface area contributed by atoms with Crippen molar-refractivity contribution < 1.29 is 4.79 Å². The van der Waals surface area contributed by atoms with Gasteiger partial charge in [0.2, 0.25) is 0 Å². The second kappa shape index (κ2) is 5.50. The molecule has 20 heavy (non-hydrogen) atoms. The molecule has 0 spiro atoms. The molecule has 1 amide bonds. The van der Waals surface area contributed by atoms with E-state index >= 15 is 0 Å². The predicted octanol–water partition coefficient (Wildman–Crippen LogP) is 2.61. The van der Waals surface area contributed by atoms with E-state index in [2.05, 4.69) is 10.3 Å². The Morgan fingerprint density at radius 3 is 2.65 bits per heavy atom. The number of aryl methyl sites for hydroxylation is 2. The second-order valence-electron chi connectivity index (χ2n) is 4.72. The molecular weight excluding hydrogens is 272 g/mol. The van der Waals surface area contributed by atoms with Crippen LogP contribution in [0.15, 0.2) is 18.2 Å². The van der Waals surface area contributed by atoms with Gasteiger partial charge in [-0.3, -0.25) is 4.79 Å². The lowest BCUT2D eigenvalue weighted by Crippen LogP contribution is -2.16. The molecule has 5 nitrogen and oxygen atoms in total. The first kappa shape index (κ1) is 14.3. The van der Waals surface area contributed by atoms with Crippen molar-refractivity contribution in [2.24, 2.45) is 5.73 Å². The summed E-state index contributed by atoms with van der Waals surface area (Å²) in [5, 5.41) is 4.33. The summed E-state index contributed by atoms with van der Waals surface area (Å²) in [4.78, 5) is 17.0. The first-order valence-corrected chi connectivity index (χ1v) is 7.10. The van der Waals surface area contributed by atoms with E-state index in [1.165, 1.54) is 0 Å². The van der Waals surface area contributed by atoms with E-state index in [9.17, 15) is 4.79 Å². The molecule has 106 valence electrons. The molecule has 1 heterocycles. The fraction of sp³-hybridized carbons (Fsp3) is 0.286. The Kier molecular flexibility index (Phi) is 3.94. The Hall–Kier alpha value is -2.08. The third-order valence-corrected chi connectivity index (χ3v) is 4.27. The molecule has 1 atom stereocenters. The van der Waals surface area contributed by atoms with Gasteiger partial charge in [-0.15, -0.1) is 11.3 Å². The monoisotopic (exact) mass is 290 g/mol. The fourth-order valence-corrected chi connectivity index (χ4v) is 3.07. The van der Waals surface area contributed by atoms with Crippen LogP contribution in [0.5, 0.6) is 0 Å². The first-order chi connectivity index (χ1) is 9.38. The Balaban J connectivity index is 2.30. The lowest BCUT2D eigenvalue weighted by Gasteiger charge is -2.17. The molecule has 0 fully saturated rings. The van der Waals surface area contributed by atoms with Crippen LogP contribution in [0.1, 0.15) is 38.9 Å². The molecule has 0 bridgehead atoms. The van der Waals surface area contributed by atoms with Crippen LogP contribution in [0.3, 0.4) is 0 Å². The van der Waals surface area contributed by atoms with Crippen molar-refractivity contribution >= 4 is 28.6 Å². The second-order valence-corrected chi connectivity index (χ2v) is 5.95. The number of nitrogens with one attached hydrogen (secondary N) is 1. The number of rotatable bonds is 4. The molecule has 2 aromatic rings. The maximum atomic E-state index is 11.5. The molecule has 0 aliphatic carbocycles. The zero-order valence-corrected chi connectivity index (χ0v) is 12.5. The number of hydrogen-bond donors (Lipinski definition) is 3. The van der Waals surface area contributed by atoms with Crippen LogP contribution in [-0.2, 0) is 0 Å². The number of carbonyl (C=O) groups is 1. The van der Waals surface area contributed by atoms with Crippen molar-refractivity contribution in [2.45, 2.75) is 26.8 Å². The van der Waals surface area contributed by atoms with Crippen molar-refractivity contribution in [3.05, 3.63) is 39.3 Å². The first-order valence-electron chi connectivity index (χ1n) is 6.28. The summed E-state index contributed by atoms with van der Waals surface area (Å²) < 4.78 is 0. The van der Waals surface area contributed by atoms with Crippen LogP contribution in [0.25, 0.3) is 0 Å². The van der Waals surface area contributed by atoms with Crippen LogP contribution < -0.4 is 16.8 Å². The van der Waals surface area contributed by atoms with Crippen LogP contribution in [0, 0.1) is 13.8 Å². The van der Waals surface area contributed by atoms with Crippen LogP contribution in [-0.4, -0.2) is 10.9 Å². The Labute approximate surface area is 122 Å². The molecule has 0 radical (unpaired) electrons. The topological polar surface area (TPSA) is 94.0 Å². The van der Waals surface area contributed by atoms with Gasteiger partial charge in [0.05, 0.1) is 22.3 Å². The van der Waals surface area contributed by atoms with Gasteiger partial charge in [0.1, 0.15) is 0 Å². The Morgan fingerprint density at radius 2 is 2.10 bits per heavy atom. The van der Waals surface area contributed by atoms with Gasteiger partial charge in [-0.2, -0.15) is 0 Å². The summed E-state index contributed by atoms with van der Waals surface area (Å²) in [7, 11) is 0. The van der Waals surface area contributed by atoms with E-state index < -0.39 is 5.91 Å². The minimum absolute atomic E-state index is 0.0444. The summed E-state index contributed by atoms with van der Waals surface area (Å²) in [5.74, 6) is -0.496. The van der Waals surface area contributed by atoms with Gasteiger partial charge in [-0.05, 0) is 39.0 Å². The highest BCUT2D eigenvalue weighted by atomic mass is 32.1. The summed E-state index contributed by atoms with van der Waals surface area (Å²) >= 11 is 1.64. The number of benzene rings is 1. The van der Waals surface area contributed by atoms with Crippen molar-refractivity contribution in [3.8, 4) is 0 Å². The average molecular weight is 290 g/mol. The van der Waals surface area contributed by atoms with Gasteiger partial charge in [-0.25, -0.2) is 4.98 Å². The largest absolute Gasteiger partial charge is 0.399 e. The highest BCUT2D eigenvalue weighted by Gasteiger charge is 2.16. The van der Waals surface area contributed by atoms with Gasteiger partial charge in [0.25, 0.3) is 5.91 Å². The van der Waals surface area contributed by atoms with Crippen LogP contribution >= 0.6 is 11.3 Å². The molecule has 0 saturated carbocycles. The number of aromatic nitrogens is 1. The summed E-state index contributed by atoms with van der Waals surface area (Å²) in [6.07, 6.45) is 0. The van der Waals surface area contributed by atoms with Gasteiger partial charge < -0.3 is 16.8 Å². The molecule has 5 N–H and O–H groups in total. The predicted molar refractivity (Wildman–Crippen MR) is 83.0 cm³/mol. The molecule has 1 aromatic carbocycles. The average Bonchev–Trinajstić information content (AvgIpc) is 2.70. The summed E-state index contributed by atoms with van der Waals surface area (Å²) in [6.45, 7) is 5.99. The number of primary amides is 1. The van der Waals surface area contributed by atoms with E-state index in [0.717, 1.165) is 15.6 Å². The van der Waals surface area contributed by atoms with E-state index in [0.29, 0.717) is 16.9 Å². The smallest absolute Gasteiger partial charge is 0.250 e. The number of hydrogen-bond acceptors (Lipinski definition) is 5. The standard InChI is InChI=1S/C14H18N4OS/c1-7-13(20-9(3)17-7)8(2)18-12-5-4-10(15)6-11(12)14(16)19/h4-6,8,18H,15H2,1-3H3,(H2,16,19). The van der Waals surface area contributed by atoms with Crippen LogP contribution in [0.4, 0.5) is 11.4 Å². The lowest BCUT2D eigenvalue weighted by atomic mass is 10.1. The van der Waals surface area contributed by atoms with E-state index in [-0.39, 0.29) is 6.04 Å². The molecule has 1 aromatic heterocycles. The van der Waals surface area contributed by atoms with Crippen molar-refractivity contribution in [2.75, 3.05) is 11.1 Å². The zero-order valence-electron chi connectivity index (χ0n) is 11.7. The minimum atomic E-state index is -0.496. The summed E-state index contributed by atoms with van der Waals surface area (Å²) in [5.41, 5.74) is 13.7. The fourth-order valence-electron chi connectivity index (χ4n) is 2.14. The number of nitrogens with two attached hydrogens (primary N) is 2. The number of carbonyl (C=O) groups excluding carboxylic acids is 1. The van der Waals surface area contributed by atoms with Gasteiger partial charge >= 0.3 is 0 Å². The molecule has 2 rings (SSSR count). The quantitative estimate of drug-likeness (QED) is 0.754. The highest BCUT2D eigenvalue weighted by Crippen LogP contribution is 2.29. The van der Waals surface area contributed by atoms with E-state index in [1.54, 1.807) is 29.5 Å². The van der Waals surface area contributed by atoms with E-state index in [4.69, 9.17) is 11.5 Å². The highest BCUT2D eigenvalue weighted by molar-refractivity contribution is 7.11.